The summed E-state index contributed by atoms with van der Waals surface area (Å²) in [4.78, 5) is 71.2. The zero-order valence-corrected chi connectivity index (χ0v) is 80.2. The number of rotatable bonds is 25. The first-order chi connectivity index (χ1) is 65.9. The topological polar surface area (TPSA) is 214 Å². The summed E-state index contributed by atoms with van der Waals surface area (Å²) in [5, 5.41) is 29.3. The van der Waals surface area contributed by atoms with Crippen LogP contribution in [-0.2, 0) is 39.9 Å². The number of carboxylic acids is 1. The Morgan fingerprint density at radius 2 is 0.868 bits per heavy atom. The zero-order valence-electron chi connectivity index (χ0n) is 77.9. The van der Waals surface area contributed by atoms with Crippen molar-refractivity contribution >= 4 is 121 Å². The minimum atomic E-state index is -5.08. The molecule has 0 saturated carbocycles. The number of amides is 3. The van der Waals surface area contributed by atoms with Gasteiger partial charge in [0.15, 0.2) is 16.9 Å². The number of aldehydes is 1. The van der Waals surface area contributed by atoms with Crippen LogP contribution < -0.4 is 29.7 Å². The van der Waals surface area contributed by atoms with Gasteiger partial charge in [-0.05, 0) is 263 Å². The third kappa shape index (κ3) is 27.4. The number of piperidine rings is 4. The molecule has 6 fully saturated rings. The lowest BCUT2D eigenvalue weighted by Crippen LogP contribution is -2.52. The fourth-order valence-electron chi connectivity index (χ4n) is 19.4. The van der Waals surface area contributed by atoms with E-state index in [0.717, 1.165) is 183 Å². The molecule has 136 heavy (non-hydrogen) atoms. The third-order valence-corrected chi connectivity index (χ3v) is 26.5. The number of aromatic hydroxyl groups is 2. The average Bonchev–Trinajstić information content (AvgIpc) is 1.66. The Hall–Kier alpha value is -11.7. The van der Waals surface area contributed by atoms with Crippen molar-refractivity contribution in [3.8, 4) is 17.2 Å². The number of halogens is 6. The molecule has 6 saturated heterocycles. The van der Waals surface area contributed by atoms with Crippen molar-refractivity contribution in [2.24, 2.45) is 17.8 Å². The first-order valence-electron chi connectivity index (χ1n) is 47.3. The molecule has 1 unspecified atom stereocenters. The number of ether oxygens (including phenoxy) is 4. The van der Waals surface area contributed by atoms with Crippen LogP contribution in [0.1, 0.15) is 177 Å². The van der Waals surface area contributed by atoms with Crippen molar-refractivity contribution in [1.29, 1.82) is 0 Å². The molecule has 7 aliphatic rings. The third-order valence-electron chi connectivity index (χ3n) is 26.5. The normalized spacial score (nSPS) is 18.0. The number of alkyl halides is 6. The molecule has 10 aromatic rings. The molecule has 0 aromatic heterocycles. The fraction of sp³-hybridized carbons (Fsp3) is 0.360. The van der Waals surface area contributed by atoms with Crippen LogP contribution in [0.3, 0.4) is 0 Å². The number of piperazine rings is 1. The van der Waals surface area contributed by atoms with Gasteiger partial charge >= 0.3 is 12.1 Å². The molecule has 19 nitrogen and oxygen atoms in total. The highest BCUT2D eigenvalue weighted by atomic mass is 35.6. The van der Waals surface area contributed by atoms with E-state index < -0.39 is 22.5 Å². The molecule has 2 atom stereocenters. The Kier molecular flexibility index (Phi) is 37.3. The van der Waals surface area contributed by atoms with Crippen molar-refractivity contribution in [3.05, 3.63) is 316 Å². The van der Waals surface area contributed by atoms with Gasteiger partial charge in [0.05, 0.1) is 6.61 Å². The molecule has 25 heteroatoms. The van der Waals surface area contributed by atoms with Crippen LogP contribution in [0.2, 0.25) is 0 Å². The summed E-state index contributed by atoms with van der Waals surface area (Å²) < 4.78 is 53.9. The number of carboxylic acid groups (broad SMARTS) is 1. The van der Waals surface area contributed by atoms with Crippen molar-refractivity contribution < 1.29 is 71.4 Å². The van der Waals surface area contributed by atoms with Gasteiger partial charge in [-0.3, -0.25) is 24.6 Å². The van der Waals surface area contributed by atoms with E-state index in [2.05, 4.69) is 239 Å². The molecule has 7 aliphatic heterocycles. The minimum absolute atomic E-state index is 0.116. The molecule has 716 valence electrons. The summed E-state index contributed by atoms with van der Waals surface area (Å²) in [6.45, 7) is 18.8. The lowest BCUT2D eigenvalue weighted by Gasteiger charge is -2.40. The van der Waals surface area contributed by atoms with E-state index in [1.165, 1.54) is 96.7 Å². The second kappa shape index (κ2) is 49.9. The van der Waals surface area contributed by atoms with Gasteiger partial charge in [0.1, 0.15) is 29.6 Å². The number of methoxy groups -OCH3 is 2. The van der Waals surface area contributed by atoms with Gasteiger partial charge in [0.25, 0.3) is 5.91 Å². The monoisotopic (exact) mass is 1910 g/mol. The highest BCUT2D eigenvalue weighted by Gasteiger charge is 2.41. The first kappa shape index (κ1) is 102. The number of hydrogen-bond acceptors (Lipinski definition) is 16. The second-order valence-corrected chi connectivity index (χ2v) is 37.0. The summed E-state index contributed by atoms with van der Waals surface area (Å²) >= 11 is 14.4. The standard InChI is InChI=1S/C45H49N5O4.C35H43NO4.C28H29NO2.C2HF3O2.CHCl3/c1-2-39(32-6-4-3-5-7-32)43(34-10-15-38(51)16-11-34)33-8-12-36(13-9-33)48-22-20-31(21-23-48)29-47-24-26-49(27-25-47)37-14-17-40-35(28-37)30-50(45(40)54)41-18-19-42(52)46-44(41)53;1-4-32(26-10-6-5-7-11-26)34(28-15-19-31(20-16-28)40-33-12-8-9-25-39-33)27-13-17-30(18-14-27)36-23-21-29(22-24-36)35(37-2)38-3;1-2-27(22-6-4-3-5-7-22)28(24-10-14-26(31)15-11-24)23-8-12-25(13-9-23)29-18-16-21(20-30)17-19-29;3-2(4,5)1(6)7;2-1(3)4/h3-17,28,31,41,51H,2,18-27,29-30H2,1H3,(H,46,52,53);5-7,10-11,13-20,29,33,35H,4,8-9,12,21-25H2,1-3H3;3-15,20-21,31H,2,16-19H2,1H3;(H,6,7);1H/t41-;;;;/m0..../s1. The van der Waals surface area contributed by atoms with Gasteiger partial charge in [-0.15, -0.1) is 0 Å². The van der Waals surface area contributed by atoms with Gasteiger partial charge < -0.3 is 63.6 Å². The number of benzene rings is 10. The van der Waals surface area contributed by atoms with Crippen molar-refractivity contribution in [2.45, 2.75) is 146 Å². The van der Waals surface area contributed by atoms with E-state index in [9.17, 15) is 42.6 Å². The number of phenolic OH excluding ortho intramolecular Hbond substituents is 2. The lowest BCUT2D eigenvalue weighted by atomic mass is 9.88. The predicted octanol–water partition coefficient (Wildman–Crippen LogP) is 23.2. The van der Waals surface area contributed by atoms with Crippen LogP contribution in [0, 0.1) is 17.8 Å². The van der Waals surface area contributed by atoms with Gasteiger partial charge in [0.2, 0.25) is 11.8 Å². The van der Waals surface area contributed by atoms with E-state index in [4.69, 9.17) is 63.7 Å². The summed E-state index contributed by atoms with van der Waals surface area (Å²) in [6, 6.07) is 87.8. The Balaban J connectivity index is 0.000000169. The van der Waals surface area contributed by atoms with E-state index in [1.54, 1.807) is 43.4 Å². The largest absolute Gasteiger partial charge is 0.508 e. The van der Waals surface area contributed by atoms with Gasteiger partial charge in [-0.1, -0.05) is 219 Å². The molecule has 4 N–H and O–H groups in total. The van der Waals surface area contributed by atoms with Crippen LogP contribution in [0.25, 0.3) is 33.4 Å². The predicted molar refractivity (Wildman–Crippen MR) is 539 cm³/mol. The number of carbonyl (C=O) groups excluding carboxylic acids is 4. The van der Waals surface area contributed by atoms with Crippen LogP contribution in [0.4, 0.5) is 35.9 Å². The molecule has 3 amide bonds. The highest BCUT2D eigenvalue weighted by Crippen LogP contribution is 2.42. The number of hydrogen-bond donors (Lipinski definition) is 4. The SMILES string of the molecule is CCC(=C(c1ccc(O)cc1)c1ccc(N2CCC(C=O)CC2)cc1)c1ccccc1.CCC(=C(c1ccc(O)cc1)c1ccc(N2CCC(CN3CCN(c4ccc5c(c4)CN([C@H]4CCC(=O)NC4=O)C5=O)CC3)CC2)cc1)c1ccccc1.CCC(=C(c1ccc(OC2CCCCO2)cc1)c1ccc(N2CCC(C(OC)OC)CC2)cc1)c1ccccc1.ClC(Cl)Cl.O=C(O)C(F)(F)F. The van der Waals surface area contributed by atoms with Crippen molar-refractivity contribution in [3.63, 3.8) is 0 Å². The van der Waals surface area contributed by atoms with Crippen LogP contribution in [-0.4, -0.2) is 177 Å². The number of fused-ring (bicyclic) bond motifs is 1. The second-order valence-electron chi connectivity index (χ2n) is 35.0. The molecule has 0 bridgehead atoms. The van der Waals surface area contributed by atoms with E-state index in [-0.39, 0.29) is 54.1 Å². The highest BCUT2D eigenvalue weighted by molar-refractivity contribution is 6.63. The van der Waals surface area contributed by atoms with E-state index in [0.29, 0.717) is 30.4 Å². The molecule has 0 aliphatic carbocycles. The van der Waals surface area contributed by atoms with Crippen LogP contribution in [0.5, 0.6) is 17.2 Å². The number of aliphatic carboxylic acids is 1. The smallest absolute Gasteiger partial charge is 0.490 e. The number of nitrogens with one attached hydrogen (secondary N) is 1. The summed E-state index contributed by atoms with van der Waals surface area (Å²) in [5.74, 6) is -0.796. The maximum atomic E-state index is 13.1. The Morgan fingerprint density at radius 1 is 0.485 bits per heavy atom. The Labute approximate surface area is 812 Å². The number of imide groups is 1. The molecule has 0 spiro atoms. The molecule has 7 heterocycles. The summed E-state index contributed by atoms with van der Waals surface area (Å²) in [5.41, 5.74) is 24.7. The summed E-state index contributed by atoms with van der Waals surface area (Å²) in [7, 11) is 3.46. The maximum absolute atomic E-state index is 13.1. The van der Waals surface area contributed by atoms with E-state index >= 15 is 0 Å². The number of nitrogens with zero attached hydrogens (tertiary/aromatic N) is 6. The molecule has 17 rings (SSSR count). The molecule has 10 aromatic carbocycles. The zero-order chi connectivity index (χ0) is 96.2. The number of anilines is 4. The number of carbonyl (C=O) groups is 5. The molecular weight excluding hydrogens is 1790 g/mol. The molecular formula is C111H123Cl3F3N7O12. The lowest BCUT2D eigenvalue weighted by molar-refractivity contribution is -0.192. The molecule has 0 radical (unpaired) electrons. The number of phenols is 2. The average molecular weight is 1910 g/mol. The Bertz CT molecular complexity index is 5620. The van der Waals surface area contributed by atoms with Gasteiger partial charge in [-0.2, -0.15) is 13.2 Å². The summed E-state index contributed by atoms with van der Waals surface area (Å²) in [6.07, 6.45) is 8.69. The van der Waals surface area contributed by atoms with Crippen molar-refractivity contribution in [2.75, 3.05) is 112 Å². The quantitative estimate of drug-likeness (QED) is 0.0138. The minimum Gasteiger partial charge on any atom is -0.508 e. The van der Waals surface area contributed by atoms with Gasteiger partial charge in [0, 0.05) is 146 Å². The maximum Gasteiger partial charge on any atom is 0.490 e. The fourth-order valence-corrected chi connectivity index (χ4v) is 19.4. The van der Waals surface area contributed by atoms with Crippen molar-refractivity contribution in [1.82, 2.24) is 15.1 Å². The Morgan fingerprint density at radius 3 is 1.24 bits per heavy atom. The van der Waals surface area contributed by atoms with Crippen LogP contribution in [0.15, 0.2) is 255 Å². The number of allylic oxidation sites excluding steroid dienone is 3. The van der Waals surface area contributed by atoms with Gasteiger partial charge in [-0.25, -0.2) is 4.79 Å². The van der Waals surface area contributed by atoms with E-state index in [1.807, 2.05) is 42.5 Å². The first-order valence-corrected chi connectivity index (χ1v) is 48.6. The van der Waals surface area contributed by atoms with Crippen LogP contribution >= 0.6 is 34.8 Å².